The van der Waals surface area contributed by atoms with E-state index in [0.717, 1.165) is 11.3 Å². The lowest BCUT2D eigenvalue weighted by Gasteiger charge is -2.17. The van der Waals surface area contributed by atoms with E-state index in [1.807, 2.05) is 24.3 Å². The lowest BCUT2D eigenvalue weighted by atomic mass is 10.1. The van der Waals surface area contributed by atoms with Gasteiger partial charge in [-0.1, -0.05) is 24.3 Å². The standard InChI is InChI=1S/C19H22N6O3S/c20-23-12-14-4-1-2-6-15(14)25-19(29)22-9-7-17(26)24-16(10-18(27)28)13-5-3-8-21-11-13/h1-6,8,11-12,16H,7,9-10,20H2,(H,24,26)(H,27,28)(H2,22,25,29). The first kappa shape index (κ1) is 21.8. The molecule has 0 aliphatic heterocycles. The maximum Gasteiger partial charge on any atom is 0.305 e. The number of carbonyl (C=O) groups is 2. The molecule has 2 aromatic rings. The molecule has 0 fully saturated rings. The number of rotatable bonds is 9. The highest BCUT2D eigenvalue weighted by Gasteiger charge is 2.18. The topological polar surface area (TPSA) is 142 Å². The third kappa shape index (κ3) is 7.54. The lowest BCUT2D eigenvalue weighted by Crippen LogP contribution is -2.35. The van der Waals surface area contributed by atoms with Crippen LogP contribution in [0.15, 0.2) is 53.9 Å². The first-order chi connectivity index (χ1) is 14.0. The van der Waals surface area contributed by atoms with Crippen LogP contribution in [0.1, 0.15) is 30.0 Å². The summed E-state index contributed by atoms with van der Waals surface area (Å²) in [6.07, 6.45) is 4.50. The summed E-state index contributed by atoms with van der Waals surface area (Å²) in [4.78, 5) is 27.3. The van der Waals surface area contributed by atoms with Crippen molar-refractivity contribution >= 4 is 41.1 Å². The van der Waals surface area contributed by atoms with Crippen molar-refractivity contribution in [2.24, 2.45) is 10.9 Å². The van der Waals surface area contributed by atoms with Gasteiger partial charge in [0.25, 0.3) is 0 Å². The number of carboxylic acid groups (broad SMARTS) is 1. The third-order valence-corrected chi connectivity index (χ3v) is 4.11. The molecule has 0 aliphatic carbocycles. The highest BCUT2D eigenvalue weighted by atomic mass is 32.1. The smallest absolute Gasteiger partial charge is 0.305 e. The van der Waals surface area contributed by atoms with Gasteiger partial charge in [-0.05, 0) is 29.9 Å². The van der Waals surface area contributed by atoms with Gasteiger partial charge in [-0.15, -0.1) is 0 Å². The number of para-hydroxylation sites is 1. The summed E-state index contributed by atoms with van der Waals surface area (Å²) in [5.41, 5.74) is 2.12. The van der Waals surface area contributed by atoms with Crippen LogP contribution in [-0.2, 0) is 9.59 Å². The van der Waals surface area contributed by atoms with Gasteiger partial charge in [-0.2, -0.15) is 5.10 Å². The zero-order chi connectivity index (χ0) is 21.1. The predicted molar refractivity (Wildman–Crippen MR) is 114 cm³/mol. The maximum absolute atomic E-state index is 12.2. The van der Waals surface area contributed by atoms with Crippen LogP contribution in [0.25, 0.3) is 0 Å². The summed E-state index contributed by atoms with van der Waals surface area (Å²) in [6, 6.07) is 10.1. The van der Waals surface area contributed by atoms with Gasteiger partial charge in [-0.3, -0.25) is 14.6 Å². The molecule has 1 aromatic carbocycles. The fraction of sp³-hybridized carbons (Fsp3) is 0.211. The van der Waals surface area contributed by atoms with Crippen molar-refractivity contribution in [2.75, 3.05) is 11.9 Å². The number of nitrogens with zero attached hydrogens (tertiary/aromatic N) is 2. The molecule has 6 N–H and O–H groups in total. The number of benzene rings is 1. The minimum absolute atomic E-state index is 0.115. The molecule has 0 bridgehead atoms. The molecule has 1 atom stereocenters. The van der Waals surface area contributed by atoms with Crippen LogP contribution in [0.5, 0.6) is 0 Å². The second kappa shape index (κ2) is 11.3. The van der Waals surface area contributed by atoms with E-state index in [0.29, 0.717) is 10.7 Å². The molecule has 1 amide bonds. The van der Waals surface area contributed by atoms with E-state index < -0.39 is 12.0 Å². The zero-order valence-electron chi connectivity index (χ0n) is 15.5. The first-order valence-electron chi connectivity index (χ1n) is 8.78. The predicted octanol–water partition coefficient (Wildman–Crippen LogP) is 1.38. The van der Waals surface area contributed by atoms with Gasteiger partial charge in [0.2, 0.25) is 5.91 Å². The molecule has 1 heterocycles. The fourth-order valence-electron chi connectivity index (χ4n) is 2.54. The van der Waals surface area contributed by atoms with E-state index in [1.165, 1.54) is 12.4 Å². The average molecular weight is 414 g/mol. The number of aliphatic carboxylic acids is 1. The molecule has 0 radical (unpaired) electrons. The second-order valence-corrected chi connectivity index (χ2v) is 6.41. The van der Waals surface area contributed by atoms with Crippen molar-refractivity contribution in [1.82, 2.24) is 15.6 Å². The van der Waals surface area contributed by atoms with E-state index in [2.05, 4.69) is 26.0 Å². The molecule has 152 valence electrons. The van der Waals surface area contributed by atoms with Gasteiger partial charge in [0, 0.05) is 36.6 Å². The summed E-state index contributed by atoms with van der Waals surface area (Å²) in [7, 11) is 0. The Bertz CT molecular complexity index is 875. The number of pyridine rings is 1. The molecule has 10 heteroatoms. The summed E-state index contributed by atoms with van der Waals surface area (Å²) < 4.78 is 0. The van der Waals surface area contributed by atoms with Gasteiger partial charge < -0.3 is 26.9 Å². The van der Waals surface area contributed by atoms with E-state index in [1.54, 1.807) is 18.3 Å². The van der Waals surface area contributed by atoms with Crippen LogP contribution in [0.2, 0.25) is 0 Å². The van der Waals surface area contributed by atoms with Crippen molar-refractivity contribution in [3.05, 3.63) is 59.9 Å². The number of hydrogen-bond acceptors (Lipinski definition) is 6. The molecule has 0 aliphatic rings. The maximum atomic E-state index is 12.2. The zero-order valence-corrected chi connectivity index (χ0v) is 16.4. The number of thiocarbonyl (C=S) groups is 1. The number of carbonyl (C=O) groups excluding carboxylic acids is 1. The molecule has 29 heavy (non-hydrogen) atoms. The highest BCUT2D eigenvalue weighted by Crippen LogP contribution is 2.16. The van der Waals surface area contributed by atoms with Crippen LogP contribution in [-0.4, -0.2) is 39.8 Å². The normalized spacial score (nSPS) is 11.6. The van der Waals surface area contributed by atoms with Gasteiger partial charge >= 0.3 is 5.97 Å². The largest absolute Gasteiger partial charge is 0.481 e. The van der Waals surface area contributed by atoms with Crippen LogP contribution in [0, 0.1) is 0 Å². The van der Waals surface area contributed by atoms with Crippen molar-refractivity contribution in [2.45, 2.75) is 18.9 Å². The van der Waals surface area contributed by atoms with Gasteiger partial charge in [0.05, 0.1) is 18.7 Å². The number of nitrogens with two attached hydrogens (primary N) is 1. The van der Waals surface area contributed by atoms with E-state index in [4.69, 9.17) is 23.2 Å². The van der Waals surface area contributed by atoms with E-state index >= 15 is 0 Å². The Labute approximate surface area is 173 Å². The Kier molecular flexibility index (Phi) is 8.51. The molecule has 0 spiro atoms. The Hall–Kier alpha value is -3.53. The second-order valence-electron chi connectivity index (χ2n) is 6.00. The van der Waals surface area contributed by atoms with E-state index in [9.17, 15) is 9.59 Å². The highest BCUT2D eigenvalue weighted by molar-refractivity contribution is 7.80. The summed E-state index contributed by atoms with van der Waals surface area (Å²) in [5, 5.41) is 21.6. The van der Waals surface area contributed by atoms with Gasteiger partial charge in [-0.25, -0.2) is 0 Å². The Morgan fingerprint density at radius 2 is 2.07 bits per heavy atom. The van der Waals surface area contributed by atoms with Crippen LogP contribution in [0.4, 0.5) is 5.69 Å². The van der Waals surface area contributed by atoms with Crippen molar-refractivity contribution in [3.8, 4) is 0 Å². The summed E-state index contributed by atoms with van der Waals surface area (Å²) in [5.74, 6) is 3.88. The Balaban J connectivity index is 1.84. The molecule has 0 saturated heterocycles. The molecule has 2 rings (SSSR count). The lowest BCUT2D eigenvalue weighted by molar-refractivity contribution is -0.137. The quantitative estimate of drug-likeness (QED) is 0.179. The van der Waals surface area contributed by atoms with Gasteiger partial charge in [0.15, 0.2) is 5.11 Å². The molecule has 1 aromatic heterocycles. The Morgan fingerprint density at radius 3 is 2.76 bits per heavy atom. The van der Waals surface area contributed by atoms with Crippen LogP contribution in [0.3, 0.4) is 0 Å². The number of hydrogen-bond donors (Lipinski definition) is 5. The molecule has 1 unspecified atom stereocenters. The average Bonchev–Trinajstić information content (AvgIpc) is 2.69. The SMILES string of the molecule is NN=Cc1ccccc1NC(=S)NCCC(=O)NC(CC(=O)O)c1cccnc1. The number of nitrogens with one attached hydrogen (secondary N) is 3. The van der Waals surface area contributed by atoms with Crippen molar-refractivity contribution < 1.29 is 14.7 Å². The third-order valence-electron chi connectivity index (χ3n) is 3.86. The first-order valence-corrected chi connectivity index (χ1v) is 9.18. The van der Waals surface area contributed by atoms with Crippen LogP contribution >= 0.6 is 12.2 Å². The monoisotopic (exact) mass is 414 g/mol. The van der Waals surface area contributed by atoms with Crippen molar-refractivity contribution in [3.63, 3.8) is 0 Å². The Morgan fingerprint density at radius 1 is 1.28 bits per heavy atom. The number of carboxylic acids is 1. The molecular weight excluding hydrogens is 392 g/mol. The van der Waals surface area contributed by atoms with Crippen LogP contribution < -0.4 is 21.8 Å². The summed E-state index contributed by atoms with van der Waals surface area (Å²) >= 11 is 5.24. The molecule has 0 saturated carbocycles. The summed E-state index contributed by atoms with van der Waals surface area (Å²) in [6.45, 7) is 0.275. The van der Waals surface area contributed by atoms with Gasteiger partial charge in [0.1, 0.15) is 0 Å². The number of hydrazone groups is 1. The number of anilines is 1. The van der Waals surface area contributed by atoms with Crippen molar-refractivity contribution in [1.29, 1.82) is 0 Å². The molecule has 9 nitrogen and oxygen atoms in total. The minimum atomic E-state index is -1.01. The fourth-order valence-corrected chi connectivity index (χ4v) is 2.75. The number of aromatic nitrogens is 1. The van der Waals surface area contributed by atoms with E-state index in [-0.39, 0.29) is 25.3 Å². The minimum Gasteiger partial charge on any atom is -0.481 e. The number of amides is 1. The molecular formula is C19H22N6O3S.